The van der Waals surface area contributed by atoms with Crippen molar-refractivity contribution in [2.24, 2.45) is 0 Å². The second kappa shape index (κ2) is 6.92. The van der Waals surface area contributed by atoms with Gasteiger partial charge in [-0.1, -0.05) is 48.6 Å². The molecule has 0 saturated heterocycles. The second-order valence-corrected chi connectivity index (χ2v) is 5.04. The maximum absolute atomic E-state index is 5.17. The van der Waals surface area contributed by atoms with Crippen molar-refractivity contribution in [3.63, 3.8) is 0 Å². The molecule has 2 nitrogen and oxygen atoms in total. The molecule has 0 aliphatic heterocycles. The van der Waals surface area contributed by atoms with Gasteiger partial charge in [-0.15, -0.1) is 0 Å². The molecule has 0 unspecified atom stereocenters. The van der Waals surface area contributed by atoms with Gasteiger partial charge in [0.15, 0.2) is 0 Å². The molecule has 20 heavy (non-hydrogen) atoms. The van der Waals surface area contributed by atoms with Crippen LogP contribution in [0.5, 0.6) is 5.75 Å². The molecule has 0 bridgehead atoms. The molecule has 2 aromatic carbocycles. The van der Waals surface area contributed by atoms with E-state index < -0.39 is 0 Å². The molecule has 104 valence electrons. The number of nitrogens with zero attached hydrogens (tertiary/aromatic N) is 1. The molecule has 0 spiro atoms. The van der Waals surface area contributed by atoms with E-state index in [4.69, 9.17) is 4.74 Å². The summed E-state index contributed by atoms with van der Waals surface area (Å²) in [5.41, 5.74) is 3.77. The van der Waals surface area contributed by atoms with Crippen molar-refractivity contribution in [1.82, 2.24) is 4.90 Å². The van der Waals surface area contributed by atoms with Gasteiger partial charge in [-0.3, -0.25) is 0 Å². The monoisotopic (exact) mass is 267 g/mol. The molecule has 2 heteroatoms. The minimum absolute atomic E-state index is 0.884. The lowest BCUT2D eigenvalue weighted by Crippen LogP contribution is -2.11. The highest BCUT2D eigenvalue weighted by Crippen LogP contribution is 2.16. The van der Waals surface area contributed by atoms with Crippen LogP contribution in [0, 0.1) is 0 Å². The zero-order chi connectivity index (χ0) is 14.4. The summed E-state index contributed by atoms with van der Waals surface area (Å²) in [7, 11) is 5.86. The topological polar surface area (TPSA) is 12.5 Å². The Morgan fingerprint density at radius 3 is 2.30 bits per heavy atom. The van der Waals surface area contributed by atoms with Gasteiger partial charge in [0.1, 0.15) is 5.75 Å². The normalized spacial score (nSPS) is 11.2. The summed E-state index contributed by atoms with van der Waals surface area (Å²) < 4.78 is 5.17. The Morgan fingerprint density at radius 2 is 1.65 bits per heavy atom. The molecule has 0 N–H and O–H groups in total. The predicted octanol–water partition coefficient (Wildman–Crippen LogP) is 3.93. The molecule has 2 aromatic rings. The van der Waals surface area contributed by atoms with Crippen molar-refractivity contribution < 1.29 is 4.74 Å². The first-order valence-electron chi connectivity index (χ1n) is 6.74. The van der Waals surface area contributed by atoms with Gasteiger partial charge in [0.05, 0.1) is 7.11 Å². The number of methoxy groups -OCH3 is 1. The molecule has 0 radical (unpaired) electrons. The van der Waals surface area contributed by atoms with E-state index >= 15 is 0 Å². The minimum atomic E-state index is 0.884. The molecule has 0 amide bonds. The van der Waals surface area contributed by atoms with Gasteiger partial charge in [-0.2, -0.15) is 0 Å². The molecular weight excluding hydrogens is 246 g/mol. The van der Waals surface area contributed by atoms with Crippen molar-refractivity contribution in [3.8, 4) is 5.75 Å². The summed E-state index contributed by atoms with van der Waals surface area (Å²) in [4.78, 5) is 2.18. The van der Waals surface area contributed by atoms with Crippen LogP contribution >= 0.6 is 0 Å². The molecule has 0 saturated carbocycles. The average molecular weight is 267 g/mol. The van der Waals surface area contributed by atoms with E-state index in [9.17, 15) is 0 Å². The number of hydrogen-bond acceptors (Lipinski definition) is 2. The summed E-state index contributed by atoms with van der Waals surface area (Å²) in [5, 5.41) is 0. The van der Waals surface area contributed by atoms with E-state index in [-0.39, 0.29) is 0 Å². The van der Waals surface area contributed by atoms with E-state index in [2.05, 4.69) is 67.5 Å². The van der Waals surface area contributed by atoms with E-state index in [0.29, 0.717) is 0 Å². The molecule has 0 fully saturated rings. The Balaban J connectivity index is 2.17. The number of rotatable bonds is 5. The Morgan fingerprint density at radius 1 is 0.950 bits per heavy atom. The van der Waals surface area contributed by atoms with Crippen LogP contribution in [-0.2, 0) is 6.54 Å². The fourth-order valence-corrected chi connectivity index (χ4v) is 2.08. The highest BCUT2D eigenvalue weighted by atomic mass is 16.5. The van der Waals surface area contributed by atoms with Crippen LogP contribution in [0.15, 0.2) is 48.5 Å². The van der Waals surface area contributed by atoms with Gasteiger partial charge >= 0.3 is 0 Å². The molecule has 2 rings (SSSR count). The highest BCUT2D eigenvalue weighted by Gasteiger charge is 2.00. The van der Waals surface area contributed by atoms with Crippen molar-refractivity contribution in [3.05, 3.63) is 65.2 Å². The lowest BCUT2D eigenvalue weighted by atomic mass is 10.1. The van der Waals surface area contributed by atoms with Gasteiger partial charge in [-0.25, -0.2) is 0 Å². The van der Waals surface area contributed by atoms with Crippen molar-refractivity contribution in [1.29, 1.82) is 0 Å². The first-order chi connectivity index (χ1) is 9.69. The zero-order valence-electron chi connectivity index (χ0n) is 12.3. The van der Waals surface area contributed by atoms with Crippen LogP contribution in [-0.4, -0.2) is 26.1 Å². The summed E-state index contributed by atoms with van der Waals surface area (Å²) in [6, 6.07) is 16.6. The Bertz CT molecular complexity index is 570. The lowest BCUT2D eigenvalue weighted by molar-refractivity contribution is 0.402. The fourth-order valence-electron chi connectivity index (χ4n) is 2.08. The van der Waals surface area contributed by atoms with Crippen LogP contribution in [0.4, 0.5) is 0 Å². The van der Waals surface area contributed by atoms with Gasteiger partial charge in [0.25, 0.3) is 0 Å². The third-order valence-corrected chi connectivity index (χ3v) is 3.11. The first-order valence-corrected chi connectivity index (χ1v) is 6.74. The third kappa shape index (κ3) is 3.97. The summed E-state index contributed by atoms with van der Waals surface area (Å²) in [6.07, 6.45) is 4.30. The van der Waals surface area contributed by atoms with Gasteiger partial charge in [-0.05, 0) is 42.9 Å². The Hall–Kier alpha value is -2.06. The van der Waals surface area contributed by atoms with E-state index in [1.807, 2.05) is 12.1 Å². The Labute approximate surface area is 121 Å². The SMILES string of the molecule is COc1ccc(/C=C/c2ccccc2CN(C)C)cc1. The number of hydrogen-bond donors (Lipinski definition) is 0. The van der Waals surface area contributed by atoms with E-state index in [0.717, 1.165) is 12.3 Å². The summed E-state index contributed by atoms with van der Waals surface area (Å²) in [6.45, 7) is 0.948. The molecule has 0 aliphatic carbocycles. The van der Waals surface area contributed by atoms with Crippen LogP contribution in [0.2, 0.25) is 0 Å². The molecule has 0 atom stereocenters. The standard InChI is InChI=1S/C18H21NO/c1-19(2)14-17-7-5-4-6-16(17)11-8-15-9-12-18(20-3)13-10-15/h4-13H,14H2,1-3H3/b11-8+. The van der Waals surface area contributed by atoms with Crippen molar-refractivity contribution in [2.45, 2.75) is 6.54 Å². The lowest BCUT2D eigenvalue weighted by Gasteiger charge is -2.12. The van der Waals surface area contributed by atoms with Crippen LogP contribution < -0.4 is 4.74 Å². The van der Waals surface area contributed by atoms with Crippen molar-refractivity contribution in [2.75, 3.05) is 21.2 Å². The highest BCUT2D eigenvalue weighted by molar-refractivity contribution is 5.71. The maximum Gasteiger partial charge on any atom is 0.118 e. The minimum Gasteiger partial charge on any atom is -0.497 e. The quantitative estimate of drug-likeness (QED) is 0.761. The molecular formula is C18H21NO. The maximum atomic E-state index is 5.17. The third-order valence-electron chi connectivity index (χ3n) is 3.11. The van der Waals surface area contributed by atoms with Crippen LogP contribution in [0.1, 0.15) is 16.7 Å². The average Bonchev–Trinajstić information content (AvgIpc) is 2.46. The summed E-state index contributed by atoms with van der Waals surface area (Å²) >= 11 is 0. The van der Waals surface area contributed by atoms with E-state index in [1.165, 1.54) is 16.7 Å². The summed E-state index contributed by atoms with van der Waals surface area (Å²) in [5.74, 6) is 0.884. The zero-order valence-corrected chi connectivity index (χ0v) is 12.3. The van der Waals surface area contributed by atoms with Gasteiger partial charge in [0, 0.05) is 6.54 Å². The van der Waals surface area contributed by atoms with Crippen LogP contribution in [0.3, 0.4) is 0 Å². The van der Waals surface area contributed by atoms with E-state index in [1.54, 1.807) is 7.11 Å². The number of benzene rings is 2. The van der Waals surface area contributed by atoms with Gasteiger partial charge < -0.3 is 9.64 Å². The second-order valence-electron chi connectivity index (χ2n) is 5.04. The predicted molar refractivity (Wildman–Crippen MR) is 85.8 cm³/mol. The Kier molecular flexibility index (Phi) is 4.97. The smallest absolute Gasteiger partial charge is 0.118 e. The van der Waals surface area contributed by atoms with Gasteiger partial charge in [0.2, 0.25) is 0 Å². The largest absolute Gasteiger partial charge is 0.497 e. The first kappa shape index (κ1) is 14.4. The fraction of sp³-hybridized carbons (Fsp3) is 0.222. The molecule has 0 aromatic heterocycles. The number of ether oxygens (including phenoxy) is 1. The molecule has 0 heterocycles. The van der Waals surface area contributed by atoms with Crippen molar-refractivity contribution >= 4 is 12.2 Å². The van der Waals surface area contributed by atoms with Crippen LogP contribution in [0.25, 0.3) is 12.2 Å². The molecule has 0 aliphatic rings.